The molecule has 0 fully saturated rings. The summed E-state index contributed by atoms with van der Waals surface area (Å²) in [4.78, 5) is 30.5. The number of carbonyl (C=O) groups is 2. The highest BCUT2D eigenvalue weighted by atomic mass is 19.1. The maximum Gasteiger partial charge on any atom is 0.352 e. The molecule has 4 aromatic rings. The second kappa shape index (κ2) is 10.7. The van der Waals surface area contributed by atoms with Gasteiger partial charge in [0.2, 0.25) is 0 Å². The topological polar surface area (TPSA) is 131 Å². The highest BCUT2D eigenvalue weighted by Gasteiger charge is 2.51. The quantitative estimate of drug-likeness (QED) is 0.341. The van der Waals surface area contributed by atoms with E-state index in [-0.39, 0.29) is 17.8 Å². The van der Waals surface area contributed by atoms with Gasteiger partial charge in [0.15, 0.2) is 5.82 Å². The van der Waals surface area contributed by atoms with Crippen molar-refractivity contribution in [3.05, 3.63) is 109 Å². The van der Waals surface area contributed by atoms with Gasteiger partial charge in [-0.3, -0.25) is 9.59 Å². The van der Waals surface area contributed by atoms with Gasteiger partial charge in [-0.15, -0.1) is 0 Å². The van der Waals surface area contributed by atoms with E-state index in [1.165, 1.54) is 42.6 Å². The lowest BCUT2D eigenvalue weighted by atomic mass is 9.97. The fourth-order valence-electron chi connectivity index (χ4n) is 4.32. The fraction of sp³-hybridized carbons (Fsp3) is 0.143. The van der Waals surface area contributed by atoms with Crippen LogP contribution in [0, 0.1) is 5.82 Å². The predicted octanol–water partition coefficient (Wildman–Crippen LogP) is 3.12. The van der Waals surface area contributed by atoms with Crippen molar-refractivity contribution in [1.82, 2.24) is 20.1 Å². The summed E-state index contributed by atoms with van der Waals surface area (Å²) in [6.45, 7) is 0. The van der Waals surface area contributed by atoms with Crippen molar-refractivity contribution in [2.24, 2.45) is 5.73 Å². The molecule has 5 rings (SSSR count). The van der Waals surface area contributed by atoms with E-state index in [0.717, 1.165) is 5.56 Å². The number of pyridine rings is 1. The lowest BCUT2D eigenvalue weighted by Crippen LogP contribution is -2.61. The lowest BCUT2D eigenvalue weighted by Gasteiger charge is -2.33. The molecule has 2 aromatic carbocycles. The number of halogens is 1. The number of methoxy groups -OCH3 is 1. The predicted molar refractivity (Wildman–Crippen MR) is 138 cm³/mol. The molecule has 198 valence electrons. The molecular formula is C28H24FN5O5. The van der Waals surface area contributed by atoms with Crippen LogP contribution in [-0.4, -0.2) is 45.5 Å². The number of carbonyl (C=O) groups excluding carboxylic acids is 2. The molecule has 1 unspecified atom stereocenters. The number of benzene rings is 2. The van der Waals surface area contributed by atoms with Crippen LogP contribution >= 0.6 is 0 Å². The Labute approximate surface area is 222 Å². The van der Waals surface area contributed by atoms with Gasteiger partial charge >= 0.3 is 11.7 Å². The number of nitrogens with one attached hydrogen (secondary N) is 1. The van der Waals surface area contributed by atoms with Crippen molar-refractivity contribution >= 4 is 11.8 Å². The Morgan fingerprint density at radius 1 is 1.10 bits per heavy atom. The van der Waals surface area contributed by atoms with E-state index in [4.69, 9.17) is 19.9 Å². The number of aromatic nitrogens is 3. The van der Waals surface area contributed by atoms with Crippen LogP contribution in [0.25, 0.3) is 17.1 Å². The molecule has 1 aliphatic heterocycles. The average molecular weight is 530 g/mol. The zero-order valence-corrected chi connectivity index (χ0v) is 20.8. The van der Waals surface area contributed by atoms with Gasteiger partial charge in [0.1, 0.15) is 30.1 Å². The summed E-state index contributed by atoms with van der Waals surface area (Å²) in [5.74, 6) is -3.31. The SMILES string of the molecule is COc1cc(F)ccc1-c1ccn(-c2ncccc2C(=O)NC(Cc2ccccc2)C2(C(N)=O)OC=CO2)n1. The normalized spacial score (nSPS) is 14.2. The van der Waals surface area contributed by atoms with Gasteiger partial charge in [-0.05, 0) is 35.9 Å². The first kappa shape index (κ1) is 25.5. The maximum absolute atomic E-state index is 13.7. The van der Waals surface area contributed by atoms with E-state index in [2.05, 4.69) is 15.4 Å². The number of nitrogens with zero attached hydrogens (tertiary/aromatic N) is 3. The molecule has 0 spiro atoms. The standard InChI is InChI=1S/C28H24FN5O5/c1-37-23-17-19(29)9-10-20(23)22-11-13-34(33-22)25-21(8-5-12-31-25)26(35)32-24(16-18-6-3-2-4-7-18)28(27(30)36)38-14-15-39-28/h2-15,17,24H,16H2,1H3,(H2,30,36)(H,32,35). The Morgan fingerprint density at radius 2 is 1.87 bits per heavy atom. The molecule has 39 heavy (non-hydrogen) atoms. The lowest BCUT2D eigenvalue weighted by molar-refractivity contribution is -0.182. The summed E-state index contributed by atoms with van der Waals surface area (Å²) in [5, 5.41) is 7.38. The number of hydrogen-bond donors (Lipinski definition) is 2. The van der Waals surface area contributed by atoms with E-state index in [9.17, 15) is 14.0 Å². The molecule has 0 radical (unpaired) electrons. The second-order valence-electron chi connectivity index (χ2n) is 8.62. The zero-order valence-electron chi connectivity index (χ0n) is 20.8. The van der Waals surface area contributed by atoms with E-state index >= 15 is 0 Å². The zero-order chi connectivity index (χ0) is 27.4. The van der Waals surface area contributed by atoms with Crippen LogP contribution < -0.4 is 15.8 Å². The van der Waals surface area contributed by atoms with Crippen LogP contribution in [0.15, 0.2) is 91.6 Å². The molecule has 2 aromatic heterocycles. The minimum absolute atomic E-state index is 0.168. The van der Waals surface area contributed by atoms with Gasteiger partial charge in [-0.1, -0.05) is 30.3 Å². The van der Waals surface area contributed by atoms with Crippen LogP contribution in [0.3, 0.4) is 0 Å². The Morgan fingerprint density at radius 3 is 2.59 bits per heavy atom. The maximum atomic E-state index is 13.7. The van der Waals surface area contributed by atoms with Gasteiger partial charge in [-0.25, -0.2) is 14.1 Å². The minimum Gasteiger partial charge on any atom is -0.496 e. The van der Waals surface area contributed by atoms with Crippen LogP contribution in [0.2, 0.25) is 0 Å². The molecule has 0 bridgehead atoms. The second-order valence-corrected chi connectivity index (χ2v) is 8.62. The summed E-state index contributed by atoms with van der Waals surface area (Å²) in [6, 6.07) is 17.2. The molecule has 2 amide bonds. The molecule has 0 aliphatic carbocycles. The third kappa shape index (κ3) is 5.01. The third-order valence-corrected chi connectivity index (χ3v) is 6.21. The molecule has 3 heterocycles. The van der Waals surface area contributed by atoms with Crippen LogP contribution in [0.1, 0.15) is 15.9 Å². The highest BCUT2D eigenvalue weighted by molar-refractivity contribution is 5.98. The van der Waals surface area contributed by atoms with Gasteiger partial charge in [0.25, 0.3) is 5.91 Å². The number of rotatable bonds is 9. The van der Waals surface area contributed by atoms with E-state index in [0.29, 0.717) is 17.0 Å². The first-order valence-corrected chi connectivity index (χ1v) is 11.9. The Kier molecular flexibility index (Phi) is 6.96. The van der Waals surface area contributed by atoms with Crippen molar-refractivity contribution in [1.29, 1.82) is 0 Å². The monoisotopic (exact) mass is 529 g/mol. The fourth-order valence-corrected chi connectivity index (χ4v) is 4.32. The molecule has 0 saturated heterocycles. The average Bonchev–Trinajstić information content (AvgIpc) is 3.64. The molecule has 0 saturated carbocycles. The molecule has 1 atom stereocenters. The van der Waals surface area contributed by atoms with Crippen molar-refractivity contribution < 1.29 is 28.2 Å². The Hall–Kier alpha value is -5.19. The Balaban J connectivity index is 1.47. The number of primary amides is 1. The molecule has 1 aliphatic rings. The van der Waals surface area contributed by atoms with Gasteiger partial charge in [0.05, 0.1) is 18.4 Å². The third-order valence-electron chi connectivity index (χ3n) is 6.21. The summed E-state index contributed by atoms with van der Waals surface area (Å²) in [7, 11) is 1.44. The number of hydrogen-bond acceptors (Lipinski definition) is 7. The first-order valence-electron chi connectivity index (χ1n) is 11.9. The smallest absolute Gasteiger partial charge is 0.352 e. The molecule has 11 heteroatoms. The van der Waals surface area contributed by atoms with Gasteiger partial charge < -0.3 is 25.3 Å². The van der Waals surface area contributed by atoms with Gasteiger partial charge in [-0.2, -0.15) is 5.10 Å². The molecule has 3 N–H and O–H groups in total. The Bertz CT molecular complexity index is 1530. The number of amides is 2. The summed E-state index contributed by atoms with van der Waals surface area (Å²) >= 11 is 0. The van der Waals surface area contributed by atoms with Crippen LogP contribution in [0.4, 0.5) is 4.39 Å². The summed E-state index contributed by atoms with van der Waals surface area (Å²) in [6.07, 6.45) is 5.74. The number of ether oxygens (including phenoxy) is 3. The van der Waals surface area contributed by atoms with Crippen LogP contribution in [0.5, 0.6) is 5.75 Å². The minimum atomic E-state index is -1.94. The van der Waals surface area contributed by atoms with E-state index in [1.807, 2.05) is 30.3 Å². The largest absolute Gasteiger partial charge is 0.496 e. The van der Waals surface area contributed by atoms with E-state index in [1.54, 1.807) is 30.5 Å². The van der Waals surface area contributed by atoms with Crippen molar-refractivity contribution in [3.63, 3.8) is 0 Å². The number of nitrogens with two attached hydrogens (primary N) is 1. The molecule has 10 nitrogen and oxygen atoms in total. The van der Waals surface area contributed by atoms with E-state index < -0.39 is 29.5 Å². The molecular weight excluding hydrogens is 505 g/mol. The van der Waals surface area contributed by atoms with Gasteiger partial charge in [0, 0.05) is 30.4 Å². The highest BCUT2D eigenvalue weighted by Crippen LogP contribution is 2.30. The van der Waals surface area contributed by atoms with Crippen molar-refractivity contribution in [2.45, 2.75) is 18.2 Å². The van der Waals surface area contributed by atoms with Crippen molar-refractivity contribution in [2.75, 3.05) is 7.11 Å². The summed E-state index contributed by atoms with van der Waals surface area (Å²) < 4.78 is 31.4. The first-order chi connectivity index (χ1) is 18.9. The van der Waals surface area contributed by atoms with Crippen LogP contribution in [-0.2, 0) is 20.7 Å². The van der Waals surface area contributed by atoms with Crippen molar-refractivity contribution in [3.8, 4) is 22.8 Å². The summed E-state index contributed by atoms with van der Waals surface area (Å²) in [5.41, 5.74) is 7.71.